The van der Waals surface area contributed by atoms with Gasteiger partial charge in [-0.2, -0.15) is 0 Å². The first-order valence-electron chi connectivity index (χ1n) is 10.6. The van der Waals surface area contributed by atoms with Crippen molar-refractivity contribution in [2.45, 2.75) is 0 Å². The average molecular weight is 463 g/mol. The van der Waals surface area contributed by atoms with E-state index in [9.17, 15) is 0 Å². The fraction of sp³-hybridized carbons (Fsp3) is 0.143. The molecule has 0 amide bonds. The molecule has 2 nitrogen and oxygen atoms in total. The van der Waals surface area contributed by atoms with E-state index in [0.29, 0.717) is 0 Å². The van der Waals surface area contributed by atoms with E-state index in [1.165, 1.54) is 22.9 Å². The highest BCUT2D eigenvalue weighted by Gasteiger charge is 1.93. The molecular formula is C28H32O2P2. The second kappa shape index (κ2) is 17.0. The highest BCUT2D eigenvalue weighted by Crippen LogP contribution is 2.16. The number of methoxy groups -OCH3 is 2. The third-order valence-electron chi connectivity index (χ3n) is 4.29. The van der Waals surface area contributed by atoms with Crippen LogP contribution in [0.1, 0.15) is 0 Å². The van der Waals surface area contributed by atoms with Crippen molar-refractivity contribution in [3.63, 3.8) is 0 Å². The molecule has 0 radical (unpaired) electrons. The molecule has 0 fully saturated rings. The summed E-state index contributed by atoms with van der Waals surface area (Å²) in [6, 6.07) is 40.9. The van der Waals surface area contributed by atoms with Gasteiger partial charge in [0.15, 0.2) is 0 Å². The van der Waals surface area contributed by atoms with Gasteiger partial charge in [0.2, 0.25) is 0 Å². The lowest BCUT2D eigenvalue weighted by molar-refractivity contribution is 0.414. The van der Waals surface area contributed by atoms with Crippen molar-refractivity contribution in [3.05, 3.63) is 121 Å². The average Bonchev–Trinajstić information content (AvgIpc) is 2.89. The number of hydrogen-bond donors (Lipinski definition) is 0. The minimum absolute atomic E-state index is 0.910. The molecule has 0 aromatic heterocycles. The molecule has 2 atom stereocenters. The fourth-order valence-electron chi connectivity index (χ4n) is 2.64. The quantitative estimate of drug-likeness (QED) is 0.234. The highest BCUT2D eigenvalue weighted by atomic mass is 31.1. The monoisotopic (exact) mass is 462 g/mol. The van der Waals surface area contributed by atoms with Crippen molar-refractivity contribution in [3.8, 4) is 11.5 Å². The van der Waals surface area contributed by atoms with Gasteiger partial charge in [0.1, 0.15) is 11.5 Å². The minimum atomic E-state index is 0.910. The van der Waals surface area contributed by atoms with E-state index in [2.05, 4.69) is 60.7 Å². The molecule has 0 saturated carbocycles. The lowest BCUT2D eigenvalue weighted by Crippen LogP contribution is -1.98. The van der Waals surface area contributed by atoms with Gasteiger partial charge in [0.05, 0.1) is 14.2 Å². The van der Waals surface area contributed by atoms with Gasteiger partial charge in [-0.25, -0.2) is 0 Å². The highest BCUT2D eigenvalue weighted by molar-refractivity contribution is 7.51. The molecule has 4 aromatic carbocycles. The summed E-state index contributed by atoms with van der Waals surface area (Å²) in [5.74, 6) is 1.82. The maximum Gasteiger partial charge on any atom is 0.118 e. The Morgan fingerprint density at radius 2 is 0.719 bits per heavy atom. The van der Waals surface area contributed by atoms with E-state index in [1.807, 2.05) is 60.7 Å². The molecule has 4 rings (SSSR count). The Morgan fingerprint density at radius 1 is 0.438 bits per heavy atom. The lowest BCUT2D eigenvalue weighted by atomic mass is 10.3. The van der Waals surface area contributed by atoms with Crippen LogP contribution in [0.2, 0.25) is 0 Å². The van der Waals surface area contributed by atoms with Crippen LogP contribution in [0.25, 0.3) is 0 Å². The Bertz CT molecular complexity index is 853. The van der Waals surface area contributed by atoms with Gasteiger partial charge in [-0.3, -0.25) is 0 Å². The van der Waals surface area contributed by atoms with Gasteiger partial charge in [-0.15, -0.1) is 0 Å². The molecule has 0 aliphatic carbocycles. The second-order valence-electron chi connectivity index (χ2n) is 6.62. The van der Waals surface area contributed by atoms with Crippen LogP contribution in [0, 0.1) is 0 Å². The zero-order valence-electron chi connectivity index (χ0n) is 18.8. The standard InChI is InChI=1S/C14H16P2.2C7H8O/c1-3-7-13(8-4-1)15-11-12-16-14-9-5-2-6-10-14;2*1-8-7-5-3-2-4-6-7/h1-10,15-16H,11-12H2;2*2-6H,1H3. The van der Waals surface area contributed by atoms with Crippen molar-refractivity contribution in [1.29, 1.82) is 0 Å². The second-order valence-corrected chi connectivity index (χ2v) is 9.48. The molecule has 0 bridgehead atoms. The van der Waals surface area contributed by atoms with Crippen LogP contribution in [-0.4, -0.2) is 26.5 Å². The van der Waals surface area contributed by atoms with Crippen molar-refractivity contribution in [1.82, 2.24) is 0 Å². The van der Waals surface area contributed by atoms with E-state index < -0.39 is 0 Å². The predicted octanol–water partition coefficient (Wildman–Crippen LogP) is 6.38. The van der Waals surface area contributed by atoms with Gasteiger partial charge in [-0.1, -0.05) is 114 Å². The van der Waals surface area contributed by atoms with Crippen molar-refractivity contribution in [2.75, 3.05) is 26.5 Å². The smallest absolute Gasteiger partial charge is 0.118 e. The molecule has 4 heteroatoms. The molecular weight excluding hydrogens is 430 g/mol. The van der Waals surface area contributed by atoms with Crippen molar-refractivity contribution < 1.29 is 9.47 Å². The molecule has 32 heavy (non-hydrogen) atoms. The molecule has 166 valence electrons. The molecule has 0 spiro atoms. The summed E-state index contributed by atoms with van der Waals surface area (Å²) in [4.78, 5) is 0. The predicted molar refractivity (Wildman–Crippen MR) is 145 cm³/mol. The summed E-state index contributed by atoms with van der Waals surface area (Å²) in [5, 5.41) is 2.97. The largest absolute Gasteiger partial charge is 0.497 e. The molecule has 0 aliphatic rings. The van der Waals surface area contributed by atoms with E-state index in [1.54, 1.807) is 14.2 Å². The number of para-hydroxylation sites is 2. The normalized spacial score (nSPS) is 10.2. The first-order valence-corrected chi connectivity index (χ1v) is 13.0. The van der Waals surface area contributed by atoms with Crippen LogP contribution in [-0.2, 0) is 0 Å². The zero-order chi connectivity index (χ0) is 22.7. The van der Waals surface area contributed by atoms with E-state index >= 15 is 0 Å². The molecule has 2 unspecified atom stereocenters. The molecule has 0 saturated heterocycles. The first-order chi connectivity index (χ1) is 15.8. The van der Waals surface area contributed by atoms with Crippen LogP contribution in [0.15, 0.2) is 121 Å². The van der Waals surface area contributed by atoms with Crippen molar-refractivity contribution >= 4 is 27.8 Å². The first kappa shape index (κ1) is 25.6. The molecule has 4 aromatic rings. The summed E-state index contributed by atoms with van der Waals surface area (Å²) in [7, 11) is 5.25. The third kappa shape index (κ3) is 11.7. The van der Waals surface area contributed by atoms with Gasteiger partial charge in [-0.05, 0) is 47.2 Å². The van der Waals surface area contributed by atoms with Crippen LogP contribution >= 0.6 is 17.2 Å². The summed E-state index contributed by atoms with van der Waals surface area (Å²) in [5.41, 5.74) is 0. The van der Waals surface area contributed by atoms with E-state index in [0.717, 1.165) is 28.7 Å². The number of rotatable bonds is 7. The van der Waals surface area contributed by atoms with Crippen LogP contribution in [0.4, 0.5) is 0 Å². The Labute approximate surface area is 196 Å². The molecule has 0 N–H and O–H groups in total. The van der Waals surface area contributed by atoms with Crippen LogP contribution < -0.4 is 20.1 Å². The summed E-state index contributed by atoms with van der Waals surface area (Å²) < 4.78 is 9.83. The topological polar surface area (TPSA) is 18.5 Å². The SMILES string of the molecule is COc1ccccc1.COc1ccccc1.c1ccc(PCCPc2ccccc2)cc1. The van der Waals surface area contributed by atoms with E-state index in [4.69, 9.17) is 9.47 Å². The Kier molecular flexibility index (Phi) is 13.6. The number of ether oxygens (including phenoxy) is 2. The van der Waals surface area contributed by atoms with Crippen LogP contribution in [0.5, 0.6) is 11.5 Å². The Hall–Kier alpha value is -2.66. The van der Waals surface area contributed by atoms with Gasteiger partial charge >= 0.3 is 0 Å². The van der Waals surface area contributed by atoms with Gasteiger partial charge in [0, 0.05) is 0 Å². The van der Waals surface area contributed by atoms with Crippen molar-refractivity contribution in [2.24, 2.45) is 0 Å². The number of hydrogen-bond acceptors (Lipinski definition) is 2. The van der Waals surface area contributed by atoms with Gasteiger partial charge < -0.3 is 9.47 Å². The summed E-state index contributed by atoms with van der Waals surface area (Å²) in [6.07, 6.45) is 2.63. The Balaban J connectivity index is 0.000000190. The third-order valence-corrected chi connectivity index (χ3v) is 7.27. The van der Waals surface area contributed by atoms with E-state index in [-0.39, 0.29) is 0 Å². The van der Waals surface area contributed by atoms with Crippen LogP contribution in [0.3, 0.4) is 0 Å². The zero-order valence-corrected chi connectivity index (χ0v) is 20.8. The fourth-order valence-corrected chi connectivity index (χ4v) is 5.07. The number of benzene rings is 4. The summed E-state index contributed by atoms with van der Waals surface area (Å²) >= 11 is 0. The minimum Gasteiger partial charge on any atom is -0.497 e. The lowest BCUT2D eigenvalue weighted by Gasteiger charge is -2.02. The Morgan fingerprint density at radius 3 is 0.969 bits per heavy atom. The maximum absolute atomic E-state index is 4.91. The molecule has 0 aliphatic heterocycles. The molecule has 0 heterocycles. The maximum atomic E-state index is 4.91. The summed E-state index contributed by atoms with van der Waals surface area (Å²) in [6.45, 7) is 0. The van der Waals surface area contributed by atoms with Gasteiger partial charge in [0.25, 0.3) is 0 Å².